The smallest absolute Gasteiger partial charge is 0.239 e. The molecule has 8 heteroatoms. The number of amides is 2. The van der Waals surface area contributed by atoms with Crippen molar-refractivity contribution < 1.29 is 18.5 Å². The van der Waals surface area contributed by atoms with E-state index in [4.69, 9.17) is 4.52 Å². The summed E-state index contributed by atoms with van der Waals surface area (Å²) >= 11 is 0. The lowest BCUT2D eigenvalue weighted by Gasteiger charge is -2.34. The minimum atomic E-state index is -0.311. The number of piperazine rings is 1. The lowest BCUT2D eigenvalue weighted by Crippen LogP contribution is -2.50. The quantitative estimate of drug-likeness (QED) is 0.873. The molecule has 26 heavy (non-hydrogen) atoms. The third-order valence-electron chi connectivity index (χ3n) is 4.26. The predicted octanol–water partition coefficient (Wildman–Crippen LogP) is 1.45. The molecule has 2 heterocycles. The number of rotatable bonds is 5. The van der Waals surface area contributed by atoms with Gasteiger partial charge in [-0.15, -0.1) is 0 Å². The zero-order valence-corrected chi connectivity index (χ0v) is 14.6. The third-order valence-corrected chi connectivity index (χ3v) is 4.26. The van der Waals surface area contributed by atoms with E-state index in [1.54, 1.807) is 30.0 Å². The minimum absolute atomic E-state index is 0.0128. The molecule has 0 radical (unpaired) electrons. The molecule has 0 unspecified atom stereocenters. The van der Waals surface area contributed by atoms with Crippen LogP contribution in [0.4, 0.5) is 10.2 Å². The number of benzene rings is 1. The molecule has 138 valence electrons. The van der Waals surface area contributed by atoms with Crippen molar-refractivity contribution >= 4 is 17.6 Å². The van der Waals surface area contributed by atoms with Gasteiger partial charge in [0.2, 0.25) is 11.8 Å². The molecule has 0 atom stereocenters. The summed E-state index contributed by atoms with van der Waals surface area (Å²) in [6.45, 7) is 4.38. The fraction of sp³-hybridized carbons (Fsp3) is 0.389. The highest BCUT2D eigenvalue weighted by atomic mass is 19.1. The Balaban J connectivity index is 1.42. The maximum Gasteiger partial charge on any atom is 0.239 e. The van der Waals surface area contributed by atoms with Crippen LogP contribution in [0.3, 0.4) is 0 Å². The van der Waals surface area contributed by atoms with E-state index in [0.717, 1.165) is 5.56 Å². The third kappa shape index (κ3) is 4.89. The Morgan fingerprint density at radius 1 is 1.19 bits per heavy atom. The Bertz CT molecular complexity index is 767. The molecule has 0 spiro atoms. The zero-order chi connectivity index (χ0) is 18.5. The van der Waals surface area contributed by atoms with Crippen molar-refractivity contribution in [2.75, 3.05) is 38.0 Å². The molecule has 0 aliphatic carbocycles. The molecule has 2 aromatic rings. The van der Waals surface area contributed by atoms with E-state index in [1.807, 2.05) is 4.90 Å². The van der Waals surface area contributed by atoms with Gasteiger partial charge in [-0.2, -0.15) is 0 Å². The van der Waals surface area contributed by atoms with Crippen LogP contribution >= 0.6 is 0 Å². The summed E-state index contributed by atoms with van der Waals surface area (Å²) in [6, 6.07) is 7.62. The Kier molecular flexibility index (Phi) is 5.62. The molecular formula is C18H21FN4O3. The molecule has 7 nitrogen and oxygen atoms in total. The Morgan fingerprint density at radius 3 is 2.50 bits per heavy atom. The summed E-state index contributed by atoms with van der Waals surface area (Å²) in [5.41, 5.74) is 0.793. The van der Waals surface area contributed by atoms with E-state index < -0.39 is 0 Å². The molecule has 1 aromatic heterocycles. The summed E-state index contributed by atoms with van der Waals surface area (Å²) in [5, 5.41) is 6.41. The first-order valence-electron chi connectivity index (χ1n) is 8.47. The van der Waals surface area contributed by atoms with Gasteiger partial charge in [-0.1, -0.05) is 17.3 Å². The van der Waals surface area contributed by atoms with Crippen molar-refractivity contribution in [3.63, 3.8) is 0 Å². The van der Waals surface area contributed by atoms with Crippen LogP contribution in [0.25, 0.3) is 0 Å². The lowest BCUT2D eigenvalue weighted by molar-refractivity contribution is -0.132. The second-order valence-electron chi connectivity index (χ2n) is 6.33. The van der Waals surface area contributed by atoms with Crippen molar-refractivity contribution in [3.8, 4) is 0 Å². The van der Waals surface area contributed by atoms with Gasteiger partial charge in [-0.25, -0.2) is 4.39 Å². The van der Waals surface area contributed by atoms with Gasteiger partial charge in [0.05, 0.1) is 13.0 Å². The van der Waals surface area contributed by atoms with Crippen molar-refractivity contribution in [1.29, 1.82) is 0 Å². The van der Waals surface area contributed by atoms with E-state index in [0.29, 0.717) is 37.8 Å². The van der Waals surface area contributed by atoms with Crippen LogP contribution < -0.4 is 5.32 Å². The van der Waals surface area contributed by atoms with Gasteiger partial charge in [-0.3, -0.25) is 14.5 Å². The van der Waals surface area contributed by atoms with Crippen LogP contribution in [0, 0.1) is 12.7 Å². The first-order valence-corrected chi connectivity index (χ1v) is 8.47. The largest absolute Gasteiger partial charge is 0.360 e. The van der Waals surface area contributed by atoms with Crippen LogP contribution in [0.1, 0.15) is 11.3 Å². The summed E-state index contributed by atoms with van der Waals surface area (Å²) in [6.07, 6.45) is 0.256. The number of aromatic nitrogens is 1. The summed E-state index contributed by atoms with van der Waals surface area (Å²) < 4.78 is 17.8. The maximum atomic E-state index is 12.9. The Hall–Kier alpha value is -2.74. The van der Waals surface area contributed by atoms with Crippen molar-refractivity contribution in [2.24, 2.45) is 0 Å². The minimum Gasteiger partial charge on any atom is -0.360 e. The highest BCUT2D eigenvalue weighted by molar-refractivity contribution is 5.91. The van der Waals surface area contributed by atoms with Crippen molar-refractivity contribution in [3.05, 3.63) is 47.5 Å². The number of hydrogen-bond acceptors (Lipinski definition) is 5. The number of hydrogen-bond donors (Lipinski definition) is 1. The molecule has 1 N–H and O–H groups in total. The van der Waals surface area contributed by atoms with Gasteiger partial charge in [0.25, 0.3) is 0 Å². The number of anilines is 1. The zero-order valence-electron chi connectivity index (χ0n) is 14.6. The van der Waals surface area contributed by atoms with Gasteiger partial charge >= 0.3 is 0 Å². The second kappa shape index (κ2) is 8.09. The average Bonchev–Trinajstić information content (AvgIpc) is 3.02. The summed E-state index contributed by atoms with van der Waals surface area (Å²) in [4.78, 5) is 28.1. The fourth-order valence-electron chi connectivity index (χ4n) is 2.85. The van der Waals surface area contributed by atoms with Crippen molar-refractivity contribution in [1.82, 2.24) is 15.0 Å². The average molecular weight is 360 g/mol. The molecule has 1 aromatic carbocycles. The van der Waals surface area contributed by atoms with Gasteiger partial charge in [0.1, 0.15) is 11.6 Å². The number of nitrogens with one attached hydrogen (secondary N) is 1. The maximum absolute atomic E-state index is 12.9. The first kappa shape index (κ1) is 18.1. The molecule has 1 aliphatic rings. The molecule has 1 saturated heterocycles. The van der Waals surface area contributed by atoms with E-state index in [-0.39, 0.29) is 30.6 Å². The van der Waals surface area contributed by atoms with Gasteiger partial charge in [0, 0.05) is 32.2 Å². The Labute approximate surface area is 150 Å². The van der Waals surface area contributed by atoms with Crippen LogP contribution in [0.15, 0.2) is 34.9 Å². The Morgan fingerprint density at radius 2 is 1.88 bits per heavy atom. The molecule has 1 fully saturated rings. The number of aryl methyl sites for hydroxylation is 1. The number of nitrogens with zero attached hydrogens (tertiary/aromatic N) is 3. The van der Waals surface area contributed by atoms with E-state index in [1.165, 1.54) is 12.1 Å². The van der Waals surface area contributed by atoms with Crippen LogP contribution in [-0.2, 0) is 16.0 Å². The van der Waals surface area contributed by atoms with Gasteiger partial charge in [0.15, 0.2) is 5.82 Å². The van der Waals surface area contributed by atoms with E-state index >= 15 is 0 Å². The summed E-state index contributed by atoms with van der Waals surface area (Å²) in [7, 11) is 0. The first-order chi connectivity index (χ1) is 12.5. The standard InChI is InChI=1S/C18H21FN4O3/c1-13-10-16(21-26-13)20-17(24)12-22-6-8-23(9-7-22)18(25)11-14-2-4-15(19)5-3-14/h2-5,10H,6-9,11-12H2,1H3,(H,20,21,24). The fourth-order valence-corrected chi connectivity index (χ4v) is 2.85. The van der Waals surface area contributed by atoms with Gasteiger partial charge < -0.3 is 14.7 Å². The summed E-state index contributed by atoms with van der Waals surface area (Å²) in [5.74, 6) is 0.575. The molecule has 2 amide bonds. The predicted molar refractivity (Wildman–Crippen MR) is 93.0 cm³/mol. The number of carbonyl (C=O) groups excluding carboxylic acids is 2. The highest BCUT2D eigenvalue weighted by Crippen LogP contribution is 2.10. The molecule has 3 rings (SSSR count). The molecular weight excluding hydrogens is 339 g/mol. The number of carbonyl (C=O) groups is 2. The normalized spacial score (nSPS) is 15.1. The van der Waals surface area contributed by atoms with Crippen molar-refractivity contribution in [2.45, 2.75) is 13.3 Å². The number of halogens is 1. The lowest BCUT2D eigenvalue weighted by atomic mass is 10.1. The second-order valence-corrected chi connectivity index (χ2v) is 6.33. The SMILES string of the molecule is Cc1cc(NC(=O)CN2CCN(C(=O)Cc3ccc(F)cc3)CC2)no1. The van der Waals surface area contributed by atoms with E-state index in [2.05, 4.69) is 10.5 Å². The van der Waals surface area contributed by atoms with Crippen LogP contribution in [0.5, 0.6) is 0 Å². The van der Waals surface area contributed by atoms with Crippen LogP contribution in [-0.4, -0.2) is 59.5 Å². The molecule has 0 bridgehead atoms. The van der Waals surface area contributed by atoms with Gasteiger partial charge in [-0.05, 0) is 24.6 Å². The highest BCUT2D eigenvalue weighted by Gasteiger charge is 2.22. The van der Waals surface area contributed by atoms with Crippen LogP contribution in [0.2, 0.25) is 0 Å². The monoisotopic (exact) mass is 360 g/mol. The molecule has 1 aliphatic heterocycles. The topological polar surface area (TPSA) is 78.7 Å². The van der Waals surface area contributed by atoms with E-state index in [9.17, 15) is 14.0 Å². The molecule has 0 saturated carbocycles.